The van der Waals surface area contributed by atoms with Gasteiger partial charge in [0, 0.05) is 18.8 Å². The van der Waals surface area contributed by atoms with E-state index in [1.54, 1.807) is 0 Å². The number of hydrogen-bond acceptors (Lipinski definition) is 2. The highest BCUT2D eigenvalue weighted by Gasteiger charge is 2.17. The molecule has 0 atom stereocenters. The molecule has 0 heterocycles. The monoisotopic (exact) mass is 246 g/mol. The van der Waals surface area contributed by atoms with Crippen LogP contribution in [0.3, 0.4) is 0 Å². The number of anilines is 1. The van der Waals surface area contributed by atoms with Gasteiger partial charge in [-0.15, -0.1) is 0 Å². The van der Waals surface area contributed by atoms with Crippen molar-refractivity contribution in [1.82, 2.24) is 5.32 Å². The number of hydrogen-bond donors (Lipinski definition) is 2. The molecule has 18 heavy (non-hydrogen) atoms. The predicted octanol–water partition coefficient (Wildman–Crippen LogP) is 3.18. The van der Waals surface area contributed by atoms with E-state index in [0.29, 0.717) is 6.04 Å². The van der Waals surface area contributed by atoms with Crippen molar-refractivity contribution in [2.75, 3.05) is 12.4 Å². The Kier molecular flexibility index (Phi) is 4.62. The molecule has 0 saturated heterocycles. The van der Waals surface area contributed by atoms with Crippen molar-refractivity contribution in [2.45, 2.75) is 44.6 Å². The van der Waals surface area contributed by atoms with Crippen LogP contribution in [0.5, 0.6) is 0 Å². The van der Waals surface area contributed by atoms with E-state index >= 15 is 0 Å². The highest BCUT2D eigenvalue weighted by atomic mass is 16.1. The number of rotatable bonds is 3. The largest absolute Gasteiger partial charge is 0.387 e. The molecular weight excluding hydrogens is 224 g/mol. The number of carbonyl (C=O) groups is 1. The minimum Gasteiger partial charge on any atom is -0.387 e. The molecule has 0 radical (unpaired) electrons. The molecule has 0 spiro atoms. The van der Waals surface area contributed by atoms with Gasteiger partial charge in [0.05, 0.1) is 5.56 Å². The Balaban J connectivity index is 2.02. The van der Waals surface area contributed by atoms with Crippen molar-refractivity contribution in [3.8, 4) is 0 Å². The van der Waals surface area contributed by atoms with E-state index in [4.69, 9.17) is 0 Å². The fraction of sp³-hybridized carbons (Fsp3) is 0.533. The molecule has 0 unspecified atom stereocenters. The summed E-state index contributed by atoms with van der Waals surface area (Å²) in [5.41, 5.74) is 1.63. The van der Waals surface area contributed by atoms with Gasteiger partial charge in [-0.05, 0) is 25.0 Å². The number of carbonyl (C=O) groups excluding carboxylic acids is 1. The Morgan fingerprint density at radius 3 is 2.44 bits per heavy atom. The van der Waals surface area contributed by atoms with Crippen molar-refractivity contribution in [3.05, 3.63) is 29.8 Å². The summed E-state index contributed by atoms with van der Waals surface area (Å²) in [5, 5.41) is 6.24. The topological polar surface area (TPSA) is 41.1 Å². The molecule has 1 aliphatic carbocycles. The second-order valence-electron chi connectivity index (χ2n) is 4.96. The van der Waals surface area contributed by atoms with Gasteiger partial charge >= 0.3 is 0 Å². The van der Waals surface area contributed by atoms with Crippen LogP contribution in [0.15, 0.2) is 24.3 Å². The normalized spacial score (nSPS) is 16.9. The second kappa shape index (κ2) is 6.43. The SMILES string of the molecule is CNc1ccccc1C(=O)NC1CCCCCC1. The van der Waals surface area contributed by atoms with Gasteiger partial charge in [-0.2, -0.15) is 0 Å². The minimum atomic E-state index is 0.0480. The average Bonchev–Trinajstić information content (AvgIpc) is 2.67. The molecule has 98 valence electrons. The molecule has 1 amide bonds. The lowest BCUT2D eigenvalue weighted by Crippen LogP contribution is -2.34. The second-order valence-corrected chi connectivity index (χ2v) is 4.96. The molecule has 2 rings (SSSR count). The Bertz CT molecular complexity index is 395. The summed E-state index contributed by atoms with van der Waals surface area (Å²) < 4.78 is 0. The standard InChI is InChI=1S/C15H22N2O/c1-16-14-11-7-6-10-13(14)15(18)17-12-8-4-2-3-5-9-12/h6-7,10-12,16H,2-5,8-9H2,1H3,(H,17,18). The van der Waals surface area contributed by atoms with Crippen LogP contribution in [-0.2, 0) is 0 Å². The number of para-hydroxylation sites is 1. The minimum absolute atomic E-state index is 0.0480. The lowest BCUT2D eigenvalue weighted by atomic mass is 10.1. The molecule has 0 aromatic heterocycles. The number of benzene rings is 1. The zero-order valence-electron chi connectivity index (χ0n) is 11.0. The summed E-state index contributed by atoms with van der Waals surface area (Å²) in [6.07, 6.45) is 7.32. The van der Waals surface area contributed by atoms with Gasteiger partial charge in [0.2, 0.25) is 0 Å². The summed E-state index contributed by atoms with van der Waals surface area (Å²) in [6, 6.07) is 8.00. The van der Waals surface area contributed by atoms with Crippen molar-refractivity contribution < 1.29 is 4.79 Å². The van der Waals surface area contributed by atoms with Crippen molar-refractivity contribution in [2.24, 2.45) is 0 Å². The van der Waals surface area contributed by atoms with Gasteiger partial charge in [-0.25, -0.2) is 0 Å². The van der Waals surface area contributed by atoms with Crippen LogP contribution in [0.2, 0.25) is 0 Å². The number of amides is 1. The first-order chi connectivity index (χ1) is 8.81. The van der Waals surface area contributed by atoms with Crippen molar-refractivity contribution >= 4 is 11.6 Å². The third kappa shape index (κ3) is 3.25. The summed E-state index contributed by atoms with van der Waals surface area (Å²) in [4.78, 5) is 12.3. The molecule has 1 aromatic carbocycles. The first kappa shape index (κ1) is 12.9. The van der Waals surface area contributed by atoms with Crippen LogP contribution in [0.25, 0.3) is 0 Å². The number of nitrogens with one attached hydrogen (secondary N) is 2. The summed E-state index contributed by atoms with van der Waals surface area (Å²) in [7, 11) is 1.85. The van der Waals surface area contributed by atoms with E-state index in [2.05, 4.69) is 10.6 Å². The molecular formula is C15H22N2O. The van der Waals surface area contributed by atoms with Gasteiger partial charge < -0.3 is 10.6 Å². The van der Waals surface area contributed by atoms with E-state index in [-0.39, 0.29) is 5.91 Å². The third-order valence-corrected chi connectivity index (χ3v) is 3.63. The van der Waals surface area contributed by atoms with Gasteiger partial charge in [0.25, 0.3) is 5.91 Å². The van der Waals surface area contributed by atoms with E-state index in [9.17, 15) is 4.79 Å². The molecule has 1 saturated carbocycles. The summed E-state index contributed by atoms with van der Waals surface area (Å²) in [6.45, 7) is 0. The zero-order chi connectivity index (χ0) is 12.8. The molecule has 3 heteroatoms. The van der Waals surface area contributed by atoms with Gasteiger partial charge in [0.1, 0.15) is 0 Å². The molecule has 0 aliphatic heterocycles. The summed E-state index contributed by atoms with van der Waals surface area (Å²) >= 11 is 0. The van der Waals surface area contributed by atoms with Crippen LogP contribution >= 0.6 is 0 Å². The van der Waals surface area contributed by atoms with Crippen LogP contribution in [0.1, 0.15) is 48.9 Å². The van der Waals surface area contributed by atoms with Gasteiger partial charge in [0.15, 0.2) is 0 Å². The quantitative estimate of drug-likeness (QED) is 0.804. The molecule has 1 aromatic rings. The Hall–Kier alpha value is -1.51. The predicted molar refractivity (Wildman–Crippen MR) is 74.9 cm³/mol. The first-order valence-electron chi connectivity index (χ1n) is 6.89. The fourth-order valence-corrected chi connectivity index (χ4v) is 2.59. The van der Waals surface area contributed by atoms with Crippen LogP contribution in [0.4, 0.5) is 5.69 Å². The van der Waals surface area contributed by atoms with Crippen LogP contribution < -0.4 is 10.6 Å². The van der Waals surface area contributed by atoms with E-state index in [1.165, 1.54) is 25.7 Å². The van der Waals surface area contributed by atoms with E-state index in [1.807, 2.05) is 31.3 Å². The van der Waals surface area contributed by atoms with Gasteiger partial charge in [-0.3, -0.25) is 4.79 Å². The average molecular weight is 246 g/mol. The molecule has 0 bridgehead atoms. The van der Waals surface area contributed by atoms with Crippen molar-refractivity contribution in [3.63, 3.8) is 0 Å². The molecule has 3 nitrogen and oxygen atoms in total. The zero-order valence-corrected chi connectivity index (χ0v) is 11.0. The lowest BCUT2D eigenvalue weighted by Gasteiger charge is -2.17. The Labute approximate surface area is 109 Å². The maximum absolute atomic E-state index is 12.3. The third-order valence-electron chi connectivity index (χ3n) is 3.63. The maximum atomic E-state index is 12.3. The maximum Gasteiger partial charge on any atom is 0.253 e. The molecule has 1 fully saturated rings. The smallest absolute Gasteiger partial charge is 0.253 e. The molecule has 2 N–H and O–H groups in total. The molecule has 1 aliphatic rings. The first-order valence-corrected chi connectivity index (χ1v) is 6.89. The highest BCUT2D eigenvalue weighted by Crippen LogP contribution is 2.19. The Morgan fingerprint density at radius 2 is 1.78 bits per heavy atom. The highest BCUT2D eigenvalue weighted by molar-refractivity contribution is 5.99. The van der Waals surface area contributed by atoms with E-state index < -0.39 is 0 Å². The lowest BCUT2D eigenvalue weighted by molar-refractivity contribution is 0.0934. The van der Waals surface area contributed by atoms with E-state index in [0.717, 1.165) is 24.1 Å². The van der Waals surface area contributed by atoms with Crippen LogP contribution in [0, 0.1) is 0 Å². The summed E-state index contributed by atoms with van der Waals surface area (Å²) in [5.74, 6) is 0.0480. The van der Waals surface area contributed by atoms with Gasteiger partial charge in [-0.1, -0.05) is 37.8 Å². The fourth-order valence-electron chi connectivity index (χ4n) is 2.59. The Morgan fingerprint density at radius 1 is 1.11 bits per heavy atom. The van der Waals surface area contributed by atoms with Crippen LogP contribution in [-0.4, -0.2) is 19.0 Å². The van der Waals surface area contributed by atoms with Crippen molar-refractivity contribution in [1.29, 1.82) is 0 Å².